The van der Waals surface area contributed by atoms with Gasteiger partial charge in [-0.1, -0.05) is 24.3 Å². The highest BCUT2D eigenvalue weighted by Gasteiger charge is 2.31. The number of aromatic nitrogens is 1. The van der Waals surface area contributed by atoms with Crippen molar-refractivity contribution in [2.45, 2.75) is 18.6 Å². The van der Waals surface area contributed by atoms with Gasteiger partial charge in [0.2, 0.25) is 0 Å². The number of benzene rings is 1. The van der Waals surface area contributed by atoms with E-state index >= 15 is 0 Å². The van der Waals surface area contributed by atoms with Gasteiger partial charge >= 0.3 is 6.18 Å². The number of hydrogen-bond acceptors (Lipinski definition) is 2. The molecule has 0 aliphatic rings. The zero-order valence-corrected chi connectivity index (χ0v) is 8.91. The number of fused-ring (bicyclic) bond motifs is 1. The maximum absolute atomic E-state index is 12.2. The summed E-state index contributed by atoms with van der Waals surface area (Å²) in [4.78, 5) is 4.13. The molecule has 2 nitrogen and oxygen atoms in total. The number of pyridine rings is 1. The molecule has 2 aromatic rings. The Kier molecular flexibility index (Phi) is 3.02. The lowest BCUT2D eigenvalue weighted by molar-refractivity contribution is -0.138. The van der Waals surface area contributed by atoms with Gasteiger partial charge in [0.05, 0.1) is 23.7 Å². The lowest BCUT2D eigenvalue weighted by Gasteiger charge is -2.13. The summed E-state index contributed by atoms with van der Waals surface area (Å²) in [6, 6.07) is 9.39. The lowest BCUT2D eigenvalue weighted by atomic mass is 10.1. The number of nitrogens with zero attached hydrogens (tertiary/aromatic N) is 1. The highest BCUT2D eigenvalue weighted by atomic mass is 19.4. The summed E-state index contributed by atoms with van der Waals surface area (Å²) in [5.41, 5.74) is 6.41. The van der Waals surface area contributed by atoms with Crippen molar-refractivity contribution in [2.24, 2.45) is 5.73 Å². The van der Waals surface area contributed by atoms with E-state index in [9.17, 15) is 13.2 Å². The molecule has 0 amide bonds. The molecular weight excluding hydrogens is 229 g/mol. The number of rotatable bonds is 2. The predicted molar refractivity (Wildman–Crippen MR) is 59.3 cm³/mol. The van der Waals surface area contributed by atoms with Crippen LogP contribution in [-0.4, -0.2) is 11.2 Å². The molecule has 1 aromatic carbocycles. The Hall–Kier alpha value is -1.62. The van der Waals surface area contributed by atoms with Crippen LogP contribution in [-0.2, 0) is 0 Å². The SMILES string of the molecule is N[C@@H](CC(F)(F)F)c1ccc2ccccc2n1. The first-order valence-corrected chi connectivity index (χ1v) is 5.14. The Morgan fingerprint density at radius 1 is 1.12 bits per heavy atom. The van der Waals surface area contributed by atoms with Crippen molar-refractivity contribution in [3.63, 3.8) is 0 Å². The third-order valence-corrected chi connectivity index (χ3v) is 2.45. The van der Waals surface area contributed by atoms with E-state index in [0.717, 1.165) is 5.39 Å². The second-order valence-corrected chi connectivity index (χ2v) is 3.85. The first-order chi connectivity index (χ1) is 7.96. The van der Waals surface area contributed by atoms with Crippen LogP contribution in [0.25, 0.3) is 10.9 Å². The van der Waals surface area contributed by atoms with Crippen molar-refractivity contribution in [1.29, 1.82) is 0 Å². The minimum Gasteiger partial charge on any atom is -0.322 e. The second kappa shape index (κ2) is 4.33. The quantitative estimate of drug-likeness (QED) is 0.875. The topological polar surface area (TPSA) is 38.9 Å². The maximum Gasteiger partial charge on any atom is 0.390 e. The summed E-state index contributed by atoms with van der Waals surface area (Å²) < 4.78 is 36.6. The van der Waals surface area contributed by atoms with Crippen molar-refractivity contribution in [1.82, 2.24) is 4.98 Å². The largest absolute Gasteiger partial charge is 0.390 e. The lowest BCUT2D eigenvalue weighted by Crippen LogP contribution is -2.21. The second-order valence-electron chi connectivity index (χ2n) is 3.85. The Morgan fingerprint density at radius 2 is 1.82 bits per heavy atom. The van der Waals surface area contributed by atoms with Crippen LogP contribution in [0, 0.1) is 0 Å². The van der Waals surface area contributed by atoms with E-state index in [1.165, 1.54) is 0 Å². The number of nitrogens with two attached hydrogens (primary N) is 1. The summed E-state index contributed by atoms with van der Waals surface area (Å²) in [5, 5.41) is 0.885. The van der Waals surface area contributed by atoms with E-state index in [0.29, 0.717) is 5.52 Å². The fourth-order valence-corrected chi connectivity index (χ4v) is 1.64. The van der Waals surface area contributed by atoms with Gasteiger partial charge in [-0.25, -0.2) is 0 Å². The minimum atomic E-state index is -4.27. The van der Waals surface area contributed by atoms with Gasteiger partial charge < -0.3 is 5.73 Å². The van der Waals surface area contributed by atoms with Crippen LogP contribution in [0.2, 0.25) is 0 Å². The van der Waals surface area contributed by atoms with Crippen LogP contribution in [0.5, 0.6) is 0 Å². The molecule has 0 radical (unpaired) electrons. The molecule has 0 aliphatic carbocycles. The molecule has 0 aliphatic heterocycles. The molecule has 0 bridgehead atoms. The van der Waals surface area contributed by atoms with Gasteiger partial charge in [0.25, 0.3) is 0 Å². The first-order valence-electron chi connectivity index (χ1n) is 5.14. The molecule has 0 saturated heterocycles. The summed E-state index contributed by atoms with van der Waals surface area (Å²) in [5.74, 6) is 0. The van der Waals surface area contributed by atoms with Crippen molar-refractivity contribution < 1.29 is 13.2 Å². The fraction of sp³-hybridized carbons (Fsp3) is 0.250. The number of halogens is 3. The average molecular weight is 240 g/mol. The highest BCUT2D eigenvalue weighted by Crippen LogP contribution is 2.27. The number of para-hydroxylation sites is 1. The number of hydrogen-bond donors (Lipinski definition) is 1. The molecule has 1 heterocycles. The maximum atomic E-state index is 12.2. The molecule has 90 valence electrons. The molecule has 0 unspecified atom stereocenters. The van der Waals surface area contributed by atoms with E-state index in [-0.39, 0.29) is 5.69 Å². The van der Waals surface area contributed by atoms with E-state index < -0.39 is 18.6 Å². The predicted octanol–water partition coefficient (Wildman–Crippen LogP) is 3.19. The van der Waals surface area contributed by atoms with E-state index in [1.807, 2.05) is 12.1 Å². The Bertz CT molecular complexity index is 522. The van der Waals surface area contributed by atoms with Crippen LogP contribution in [0.1, 0.15) is 18.2 Å². The molecule has 5 heteroatoms. The average Bonchev–Trinajstić information content (AvgIpc) is 2.26. The normalized spacial score (nSPS) is 13.9. The van der Waals surface area contributed by atoms with Crippen LogP contribution in [0.4, 0.5) is 13.2 Å². The zero-order valence-electron chi connectivity index (χ0n) is 8.91. The Labute approximate surface area is 96.3 Å². The summed E-state index contributed by atoms with van der Waals surface area (Å²) in [6.07, 6.45) is -5.33. The molecule has 17 heavy (non-hydrogen) atoms. The third kappa shape index (κ3) is 2.94. The zero-order chi connectivity index (χ0) is 12.5. The van der Waals surface area contributed by atoms with Gasteiger partial charge in [0.15, 0.2) is 0 Å². The third-order valence-electron chi connectivity index (χ3n) is 2.45. The number of alkyl halides is 3. The monoisotopic (exact) mass is 240 g/mol. The van der Waals surface area contributed by atoms with E-state index in [2.05, 4.69) is 4.98 Å². The van der Waals surface area contributed by atoms with Crippen molar-refractivity contribution >= 4 is 10.9 Å². The van der Waals surface area contributed by atoms with Gasteiger partial charge in [-0.2, -0.15) is 13.2 Å². The van der Waals surface area contributed by atoms with Crippen molar-refractivity contribution in [3.8, 4) is 0 Å². The van der Waals surface area contributed by atoms with Gasteiger partial charge in [-0.15, -0.1) is 0 Å². The summed E-state index contributed by atoms with van der Waals surface area (Å²) >= 11 is 0. The van der Waals surface area contributed by atoms with Crippen LogP contribution in [0.15, 0.2) is 36.4 Å². The van der Waals surface area contributed by atoms with Crippen LogP contribution >= 0.6 is 0 Å². The molecule has 2 rings (SSSR count). The van der Waals surface area contributed by atoms with Gasteiger partial charge in [0.1, 0.15) is 0 Å². The standard InChI is InChI=1S/C12H11F3N2/c13-12(14,15)7-9(16)11-6-5-8-3-1-2-4-10(8)17-11/h1-6,9H,7,16H2/t9-/m0/s1. The van der Waals surface area contributed by atoms with Crippen LogP contribution in [0.3, 0.4) is 0 Å². The molecule has 0 saturated carbocycles. The first kappa shape index (κ1) is 11.9. The fourth-order valence-electron chi connectivity index (χ4n) is 1.64. The van der Waals surface area contributed by atoms with Gasteiger partial charge in [0, 0.05) is 5.39 Å². The molecule has 1 aromatic heterocycles. The van der Waals surface area contributed by atoms with Crippen molar-refractivity contribution in [2.75, 3.05) is 0 Å². The molecule has 1 atom stereocenters. The van der Waals surface area contributed by atoms with Gasteiger partial charge in [-0.3, -0.25) is 4.98 Å². The van der Waals surface area contributed by atoms with Crippen molar-refractivity contribution in [3.05, 3.63) is 42.1 Å². The summed E-state index contributed by atoms with van der Waals surface area (Å²) in [7, 11) is 0. The smallest absolute Gasteiger partial charge is 0.322 e. The minimum absolute atomic E-state index is 0.265. The summed E-state index contributed by atoms with van der Waals surface area (Å²) in [6.45, 7) is 0. The van der Waals surface area contributed by atoms with E-state index in [1.54, 1.807) is 24.3 Å². The molecule has 2 N–H and O–H groups in total. The van der Waals surface area contributed by atoms with E-state index in [4.69, 9.17) is 5.73 Å². The van der Waals surface area contributed by atoms with Crippen LogP contribution < -0.4 is 5.73 Å². The van der Waals surface area contributed by atoms with Gasteiger partial charge in [-0.05, 0) is 12.1 Å². The Balaban J connectivity index is 2.30. The Morgan fingerprint density at radius 3 is 2.53 bits per heavy atom. The highest BCUT2D eigenvalue weighted by molar-refractivity contribution is 5.78. The molecule has 0 spiro atoms. The molecule has 0 fully saturated rings. The molecular formula is C12H11F3N2.